The van der Waals surface area contributed by atoms with Gasteiger partial charge in [-0.15, -0.1) is 13.2 Å². The zero-order chi connectivity index (χ0) is 31.1. The van der Waals surface area contributed by atoms with Crippen LogP contribution < -0.4 is 20.4 Å². The van der Waals surface area contributed by atoms with Crippen molar-refractivity contribution < 1.29 is 71.5 Å². The van der Waals surface area contributed by atoms with E-state index in [9.17, 15) is 39.6 Å². The fourth-order valence-electron chi connectivity index (χ4n) is 4.35. The SMILES string of the molecule is CC[O-].CC[O-].O=C1c2ccccc2C(=O)c2c(O)ccc([O-])c21.O=C1c2ccccc2C(=O)c2c(O)ccc([O-])c21.[Ti+4]. The summed E-state index contributed by atoms with van der Waals surface area (Å²) in [6.07, 6.45) is 0. The van der Waals surface area contributed by atoms with Crippen molar-refractivity contribution in [3.63, 3.8) is 0 Å². The molecule has 0 unspecified atom stereocenters. The molecule has 4 aromatic rings. The molecule has 0 bridgehead atoms. The number of fused-ring (bicyclic) bond motifs is 4. The van der Waals surface area contributed by atoms with Crippen LogP contribution in [0.2, 0.25) is 0 Å². The first-order chi connectivity index (χ1) is 20.0. The van der Waals surface area contributed by atoms with Gasteiger partial charge in [0.2, 0.25) is 0 Å². The van der Waals surface area contributed by atoms with E-state index in [-0.39, 0.29) is 90.9 Å². The van der Waals surface area contributed by atoms with Gasteiger partial charge in [-0.2, -0.15) is 0 Å². The maximum absolute atomic E-state index is 12.2. The molecular formula is C32H24O10Ti. The van der Waals surface area contributed by atoms with Crippen molar-refractivity contribution in [3.05, 3.63) is 117 Å². The van der Waals surface area contributed by atoms with Crippen LogP contribution in [0.5, 0.6) is 23.0 Å². The molecule has 0 heterocycles. The Morgan fingerprint density at radius 3 is 0.977 bits per heavy atom. The molecule has 6 rings (SSSR count). The van der Waals surface area contributed by atoms with Gasteiger partial charge in [-0.05, 0) is 12.1 Å². The van der Waals surface area contributed by atoms with Crippen molar-refractivity contribution in [2.75, 3.05) is 13.2 Å². The maximum atomic E-state index is 12.2. The van der Waals surface area contributed by atoms with Crippen LogP contribution >= 0.6 is 0 Å². The summed E-state index contributed by atoms with van der Waals surface area (Å²) in [5.74, 6) is -3.77. The van der Waals surface area contributed by atoms with E-state index in [1.807, 2.05) is 0 Å². The van der Waals surface area contributed by atoms with Crippen molar-refractivity contribution in [2.24, 2.45) is 0 Å². The van der Waals surface area contributed by atoms with E-state index >= 15 is 0 Å². The van der Waals surface area contributed by atoms with E-state index < -0.39 is 34.6 Å². The molecule has 0 amide bonds. The fraction of sp³-hybridized carbons (Fsp3) is 0.125. The molecule has 2 aliphatic carbocycles. The first kappa shape index (κ1) is 34.6. The van der Waals surface area contributed by atoms with Gasteiger partial charge in [0.05, 0.1) is 11.1 Å². The Morgan fingerprint density at radius 1 is 0.488 bits per heavy atom. The van der Waals surface area contributed by atoms with E-state index in [1.54, 1.807) is 38.1 Å². The summed E-state index contributed by atoms with van der Waals surface area (Å²) in [6.45, 7) is 3.14. The normalized spacial score (nSPS) is 11.8. The zero-order valence-electron chi connectivity index (χ0n) is 23.0. The Labute approximate surface area is 261 Å². The van der Waals surface area contributed by atoms with Crippen molar-refractivity contribution in [2.45, 2.75) is 13.8 Å². The minimum Gasteiger partial charge on any atom is -0.872 e. The van der Waals surface area contributed by atoms with Gasteiger partial charge < -0.3 is 30.6 Å². The molecule has 0 aromatic heterocycles. The summed E-state index contributed by atoms with van der Waals surface area (Å²) in [5.41, 5.74) is -0.00278. The quantitative estimate of drug-likeness (QED) is 0.234. The number of carbonyl (C=O) groups excluding carboxylic acids is 4. The van der Waals surface area contributed by atoms with Crippen LogP contribution in [0.15, 0.2) is 72.8 Å². The molecule has 4 aromatic carbocycles. The smallest absolute Gasteiger partial charge is 0.872 e. The summed E-state index contributed by atoms with van der Waals surface area (Å²) in [6, 6.07) is 17.0. The van der Waals surface area contributed by atoms with Crippen LogP contribution in [-0.4, -0.2) is 46.6 Å². The molecule has 10 nitrogen and oxygen atoms in total. The van der Waals surface area contributed by atoms with E-state index in [1.165, 1.54) is 24.3 Å². The average Bonchev–Trinajstić information content (AvgIpc) is 2.98. The Balaban J connectivity index is 0.000000249. The summed E-state index contributed by atoms with van der Waals surface area (Å²) in [4.78, 5) is 48.7. The molecule has 2 N–H and O–H groups in total. The molecule has 0 aliphatic heterocycles. The van der Waals surface area contributed by atoms with E-state index in [4.69, 9.17) is 10.2 Å². The molecule has 0 fully saturated rings. The molecule has 0 saturated carbocycles. The second-order valence-corrected chi connectivity index (χ2v) is 8.65. The van der Waals surface area contributed by atoms with Crippen LogP contribution in [0.4, 0.5) is 0 Å². The molecule has 216 valence electrons. The van der Waals surface area contributed by atoms with Crippen LogP contribution in [0.1, 0.15) is 77.5 Å². The first-order valence-corrected chi connectivity index (χ1v) is 12.6. The van der Waals surface area contributed by atoms with Gasteiger partial charge in [0, 0.05) is 33.4 Å². The molecule has 43 heavy (non-hydrogen) atoms. The van der Waals surface area contributed by atoms with Crippen LogP contribution in [0.25, 0.3) is 0 Å². The molecule has 0 spiro atoms. The topological polar surface area (TPSA) is 201 Å². The maximum Gasteiger partial charge on any atom is 4.00 e. The minimum atomic E-state index is -0.546. The monoisotopic (exact) mass is 616 g/mol. The largest absolute Gasteiger partial charge is 4.00 e. The predicted octanol–water partition coefficient (Wildman–Crippen LogP) is 1.21. The molecule has 0 saturated heterocycles. The number of phenols is 2. The van der Waals surface area contributed by atoms with Crippen molar-refractivity contribution in [3.8, 4) is 23.0 Å². The molecule has 0 atom stereocenters. The van der Waals surface area contributed by atoms with Gasteiger partial charge >= 0.3 is 21.7 Å². The van der Waals surface area contributed by atoms with Gasteiger partial charge in [0.25, 0.3) is 0 Å². The number of ketones is 4. The number of rotatable bonds is 0. The van der Waals surface area contributed by atoms with E-state index in [0.29, 0.717) is 0 Å². The summed E-state index contributed by atoms with van der Waals surface area (Å²) >= 11 is 0. The Bertz CT molecular complexity index is 1450. The number of benzene rings is 4. The number of carbonyl (C=O) groups is 4. The summed E-state index contributed by atoms with van der Waals surface area (Å²) in [5, 5.41) is 60.6. The van der Waals surface area contributed by atoms with E-state index in [2.05, 4.69) is 0 Å². The number of phenolic OH excluding ortho intramolecular Hbond substituents is 2. The van der Waals surface area contributed by atoms with Crippen LogP contribution in [0, 0.1) is 0 Å². The minimum absolute atomic E-state index is 0. The predicted molar refractivity (Wildman–Crippen MR) is 143 cm³/mol. The molecule has 2 aliphatic rings. The van der Waals surface area contributed by atoms with E-state index in [0.717, 1.165) is 24.3 Å². The third-order valence-electron chi connectivity index (χ3n) is 6.03. The number of hydrogen-bond acceptors (Lipinski definition) is 10. The third-order valence-corrected chi connectivity index (χ3v) is 6.03. The number of aromatic hydroxyl groups is 2. The van der Waals surface area contributed by atoms with Crippen LogP contribution in [0.3, 0.4) is 0 Å². The average molecular weight is 616 g/mol. The van der Waals surface area contributed by atoms with Gasteiger partial charge in [-0.25, -0.2) is 0 Å². The van der Waals surface area contributed by atoms with Gasteiger partial charge in [0.1, 0.15) is 11.5 Å². The Kier molecular flexibility index (Phi) is 12.1. The molecule has 11 heteroatoms. The van der Waals surface area contributed by atoms with Gasteiger partial charge in [-0.3, -0.25) is 19.2 Å². The van der Waals surface area contributed by atoms with Gasteiger partial charge in [-0.1, -0.05) is 86.0 Å². The number of hydrogen-bond donors (Lipinski definition) is 2. The second kappa shape index (κ2) is 15.0. The van der Waals surface area contributed by atoms with Crippen molar-refractivity contribution in [1.82, 2.24) is 0 Å². The first-order valence-electron chi connectivity index (χ1n) is 12.6. The fourth-order valence-corrected chi connectivity index (χ4v) is 4.35. The van der Waals surface area contributed by atoms with Crippen molar-refractivity contribution >= 4 is 23.1 Å². The van der Waals surface area contributed by atoms with Crippen LogP contribution in [-0.2, 0) is 21.7 Å². The summed E-state index contributed by atoms with van der Waals surface area (Å²) < 4.78 is 0. The van der Waals surface area contributed by atoms with Crippen molar-refractivity contribution in [1.29, 1.82) is 0 Å². The second-order valence-electron chi connectivity index (χ2n) is 8.65. The zero-order valence-corrected chi connectivity index (χ0v) is 24.6. The molecule has 0 radical (unpaired) electrons. The Hall–Kier alpha value is -4.61. The summed E-state index contributed by atoms with van der Waals surface area (Å²) in [7, 11) is 0. The molecular weight excluding hydrogens is 592 g/mol. The standard InChI is InChI=1S/2C14H8O4.2C2H5O.Ti/c2*15-9-5-6-10(16)12-11(9)13(17)7-3-1-2-4-8(7)14(12)18;2*1-2-3;/h2*1-6,15-16H;2*2H2,1H3;/q;;2*-1;+4/p-2. The third kappa shape index (κ3) is 6.74. The van der Waals surface area contributed by atoms with Gasteiger partial charge in [0.15, 0.2) is 23.1 Å². The Morgan fingerprint density at radius 2 is 0.721 bits per heavy atom.